The van der Waals surface area contributed by atoms with E-state index in [4.69, 9.17) is 28.3 Å². The van der Waals surface area contributed by atoms with Crippen LogP contribution in [0, 0.1) is 5.92 Å². The number of rotatable bonds is 4. The standard InChI is InChI=1S/C14H17Cl2NO3/c15-11-5-10(6-12(16)7-11)13(19)14(20)17-3-1-9(8-17)2-4-18/h5-7,9,13,18-19H,1-4,8H2. The van der Waals surface area contributed by atoms with E-state index in [9.17, 15) is 9.90 Å². The van der Waals surface area contributed by atoms with Crippen LogP contribution in [0.5, 0.6) is 0 Å². The van der Waals surface area contributed by atoms with Gasteiger partial charge in [-0.15, -0.1) is 0 Å². The molecule has 1 aromatic carbocycles. The minimum absolute atomic E-state index is 0.124. The van der Waals surface area contributed by atoms with Crippen molar-refractivity contribution in [3.63, 3.8) is 0 Å². The van der Waals surface area contributed by atoms with Gasteiger partial charge in [0.05, 0.1) is 0 Å². The minimum Gasteiger partial charge on any atom is -0.396 e. The molecule has 1 amide bonds. The molecule has 2 atom stereocenters. The first-order valence-electron chi connectivity index (χ1n) is 6.55. The normalized spacial score (nSPS) is 20.2. The number of aliphatic hydroxyl groups excluding tert-OH is 2. The summed E-state index contributed by atoms with van der Waals surface area (Å²) in [5, 5.41) is 19.9. The number of carbonyl (C=O) groups is 1. The molecule has 6 heteroatoms. The SMILES string of the molecule is O=C(C(O)c1cc(Cl)cc(Cl)c1)N1CCC(CCO)C1. The number of hydrogen-bond acceptors (Lipinski definition) is 3. The summed E-state index contributed by atoms with van der Waals surface area (Å²) in [5.74, 6) is -0.0390. The number of nitrogens with zero attached hydrogens (tertiary/aromatic N) is 1. The monoisotopic (exact) mass is 317 g/mol. The Bertz CT molecular complexity index is 475. The van der Waals surface area contributed by atoms with Crippen LogP contribution in [0.3, 0.4) is 0 Å². The maximum Gasteiger partial charge on any atom is 0.256 e. The molecule has 4 nitrogen and oxygen atoms in total. The molecular formula is C14H17Cl2NO3. The second-order valence-electron chi connectivity index (χ2n) is 5.06. The second kappa shape index (κ2) is 6.76. The third-order valence-electron chi connectivity index (χ3n) is 3.57. The molecule has 0 spiro atoms. The highest BCUT2D eigenvalue weighted by Crippen LogP contribution is 2.27. The van der Waals surface area contributed by atoms with Crippen LogP contribution in [-0.4, -0.2) is 40.7 Å². The maximum absolute atomic E-state index is 12.2. The van der Waals surface area contributed by atoms with E-state index in [1.54, 1.807) is 11.0 Å². The largest absolute Gasteiger partial charge is 0.396 e. The van der Waals surface area contributed by atoms with Gasteiger partial charge in [-0.05, 0) is 42.5 Å². The molecule has 20 heavy (non-hydrogen) atoms. The lowest BCUT2D eigenvalue weighted by Crippen LogP contribution is -2.33. The summed E-state index contributed by atoms with van der Waals surface area (Å²) in [6.07, 6.45) is 0.289. The molecule has 1 saturated heterocycles. The average molecular weight is 318 g/mol. The first-order chi connectivity index (χ1) is 9.51. The molecule has 2 N–H and O–H groups in total. The van der Waals surface area contributed by atoms with E-state index >= 15 is 0 Å². The van der Waals surface area contributed by atoms with Crippen molar-refractivity contribution in [2.75, 3.05) is 19.7 Å². The number of hydrogen-bond donors (Lipinski definition) is 2. The van der Waals surface area contributed by atoms with Crippen LogP contribution in [0.25, 0.3) is 0 Å². The summed E-state index contributed by atoms with van der Waals surface area (Å²) in [7, 11) is 0. The number of amides is 1. The zero-order valence-corrected chi connectivity index (χ0v) is 12.4. The van der Waals surface area contributed by atoms with E-state index in [-0.39, 0.29) is 12.5 Å². The van der Waals surface area contributed by atoms with Gasteiger partial charge in [-0.25, -0.2) is 0 Å². The molecule has 1 aliphatic heterocycles. The summed E-state index contributed by atoms with van der Waals surface area (Å²) in [5.41, 5.74) is 0.401. The predicted molar refractivity (Wildman–Crippen MR) is 77.8 cm³/mol. The first kappa shape index (κ1) is 15.6. The van der Waals surface area contributed by atoms with Gasteiger partial charge in [0.2, 0.25) is 0 Å². The van der Waals surface area contributed by atoms with E-state index < -0.39 is 6.10 Å². The summed E-state index contributed by atoms with van der Waals surface area (Å²) >= 11 is 11.7. The Balaban J connectivity index is 2.05. The van der Waals surface area contributed by atoms with Crippen LogP contribution in [0.15, 0.2) is 18.2 Å². The van der Waals surface area contributed by atoms with Crippen LogP contribution >= 0.6 is 23.2 Å². The van der Waals surface area contributed by atoms with Gasteiger partial charge in [-0.1, -0.05) is 23.2 Å². The summed E-state index contributed by atoms with van der Waals surface area (Å²) < 4.78 is 0. The van der Waals surface area contributed by atoms with Crippen molar-refractivity contribution < 1.29 is 15.0 Å². The number of benzene rings is 1. The van der Waals surface area contributed by atoms with Gasteiger partial charge in [-0.3, -0.25) is 4.79 Å². The third-order valence-corrected chi connectivity index (χ3v) is 4.01. The molecule has 1 aromatic rings. The lowest BCUT2D eigenvalue weighted by Gasteiger charge is -2.20. The highest BCUT2D eigenvalue weighted by Gasteiger charge is 2.30. The molecule has 0 aromatic heterocycles. The Hall–Kier alpha value is -0.810. The fourth-order valence-electron chi connectivity index (χ4n) is 2.50. The molecule has 2 unspecified atom stereocenters. The van der Waals surface area contributed by atoms with Crippen LogP contribution < -0.4 is 0 Å². The van der Waals surface area contributed by atoms with E-state index in [1.807, 2.05) is 0 Å². The van der Waals surface area contributed by atoms with Crippen molar-refractivity contribution in [1.82, 2.24) is 4.90 Å². The Morgan fingerprint density at radius 3 is 2.60 bits per heavy atom. The Morgan fingerprint density at radius 2 is 2.00 bits per heavy atom. The van der Waals surface area contributed by atoms with Gasteiger partial charge in [0.1, 0.15) is 0 Å². The summed E-state index contributed by atoms with van der Waals surface area (Å²) in [6, 6.07) is 4.63. The smallest absolute Gasteiger partial charge is 0.256 e. The second-order valence-corrected chi connectivity index (χ2v) is 5.93. The molecular weight excluding hydrogens is 301 g/mol. The quantitative estimate of drug-likeness (QED) is 0.895. The highest BCUT2D eigenvalue weighted by atomic mass is 35.5. The van der Waals surface area contributed by atoms with Gasteiger partial charge < -0.3 is 15.1 Å². The molecule has 1 heterocycles. The lowest BCUT2D eigenvalue weighted by atomic mass is 10.1. The van der Waals surface area contributed by atoms with Crippen molar-refractivity contribution in [1.29, 1.82) is 0 Å². The van der Waals surface area contributed by atoms with E-state index in [2.05, 4.69) is 0 Å². The molecule has 0 radical (unpaired) electrons. The zero-order chi connectivity index (χ0) is 14.7. The molecule has 0 saturated carbocycles. The number of halogens is 2. The lowest BCUT2D eigenvalue weighted by molar-refractivity contribution is -0.139. The fraction of sp³-hybridized carbons (Fsp3) is 0.500. The molecule has 1 fully saturated rings. The molecule has 0 bridgehead atoms. The minimum atomic E-state index is -1.25. The predicted octanol–water partition coefficient (Wildman–Crippen LogP) is 2.26. The zero-order valence-electron chi connectivity index (χ0n) is 10.9. The van der Waals surface area contributed by atoms with Crippen molar-refractivity contribution in [3.05, 3.63) is 33.8 Å². The van der Waals surface area contributed by atoms with E-state index in [0.717, 1.165) is 6.42 Å². The molecule has 0 aliphatic carbocycles. The molecule has 2 rings (SSSR count). The molecule has 110 valence electrons. The maximum atomic E-state index is 12.2. The number of aliphatic hydroxyl groups is 2. The Kier molecular flexibility index (Phi) is 5.27. The van der Waals surface area contributed by atoms with Gasteiger partial charge in [-0.2, -0.15) is 0 Å². The van der Waals surface area contributed by atoms with Crippen LogP contribution in [0.4, 0.5) is 0 Å². The Morgan fingerprint density at radius 1 is 1.35 bits per heavy atom. The summed E-state index contributed by atoms with van der Waals surface area (Å²) in [6.45, 7) is 1.30. The van der Waals surface area contributed by atoms with Gasteiger partial charge in [0.15, 0.2) is 6.10 Å². The first-order valence-corrected chi connectivity index (χ1v) is 7.30. The topological polar surface area (TPSA) is 60.8 Å². The van der Waals surface area contributed by atoms with Crippen molar-refractivity contribution >= 4 is 29.1 Å². The van der Waals surface area contributed by atoms with E-state index in [0.29, 0.717) is 41.0 Å². The average Bonchev–Trinajstić information content (AvgIpc) is 2.85. The summed E-state index contributed by atoms with van der Waals surface area (Å²) in [4.78, 5) is 13.9. The van der Waals surface area contributed by atoms with Crippen LogP contribution in [-0.2, 0) is 4.79 Å². The fourth-order valence-corrected chi connectivity index (χ4v) is 3.04. The van der Waals surface area contributed by atoms with Crippen LogP contribution in [0.2, 0.25) is 10.0 Å². The van der Waals surface area contributed by atoms with Gasteiger partial charge >= 0.3 is 0 Å². The number of likely N-dealkylation sites (tertiary alicyclic amines) is 1. The van der Waals surface area contributed by atoms with Crippen molar-refractivity contribution in [2.45, 2.75) is 18.9 Å². The Labute approximate surface area is 127 Å². The van der Waals surface area contributed by atoms with E-state index in [1.165, 1.54) is 12.1 Å². The van der Waals surface area contributed by atoms with Gasteiger partial charge in [0.25, 0.3) is 5.91 Å². The van der Waals surface area contributed by atoms with Crippen LogP contribution in [0.1, 0.15) is 24.5 Å². The van der Waals surface area contributed by atoms with Gasteiger partial charge in [0, 0.05) is 29.7 Å². The van der Waals surface area contributed by atoms with Crippen molar-refractivity contribution in [3.8, 4) is 0 Å². The highest BCUT2D eigenvalue weighted by molar-refractivity contribution is 6.34. The van der Waals surface area contributed by atoms with Crippen molar-refractivity contribution in [2.24, 2.45) is 5.92 Å². The third kappa shape index (κ3) is 3.64. The molecule has 1 aliphatic rings. The number of carbonyl (C=O) groups excluding carboxylic acids is 1.